The molecule has 4 rings (SSSR count). The van der Waals surface area contributed by atoms with Gasteiger partial charge >= 0.3 is 0 Å². The number of aromatic nitrogens is 3. The van der Waals surface area contributed by atoms with Gasteiger partial charge in [-0.3, -0.25) is 14.3 Å². The highest BCUT2D eigenvalue weighted by Crippen LogP contribution is 2.28. The van der Waals surface area contributed by atoms with Gasteiger partial charge in [-0.2, -0.15) is 5.10 Å². The number of nitrogens with two attached hydrogens (primary N) is 1. The monoisotopic (exact) mass is 408 g/mol. The van der Waals surface area contributed by atoms with E-state index < -0.39 is 5.91 Å². The smallest absolute Gasteiger partial charge is 0.252 e. The zero-order valence-electron chi connectivity index (χ0n) is 17.2. The molecular formula is C22H28N6O2. The van der Waals surface area contributed by atoms with Crippen molar-refractivity contribution in [3.8, 4) is 11.3 Å². The van der Waals surface area contributed by atoms with Crippen molar-refractivity contribution in [2.45, 2.75) is 38.1 Å². The van der Waals surface area contributed by atoms with Gasteiger partial charge in [0, 0.05) is 44.1 Å². The predicted octanol–water partition coefficient (Wildman–Crippen LogP) is 2.38. The van der Waals surface area contributed by atoms with Gasteiger partial charge < -0.3 is 15.5 Å². The van der Waals surface area contributed by atoms with Crippen molar-refractivity contribution >= 4 is 17.6 Å². The van der Waals surface area contributed by atoms with Crippen LogP contribution in [0.15, 0.2) is 37.2 Å². The van der Waals surface area contributed by atoms with Crippen LogP contribution in [0.4, 0.5) is 5.82 Å². The molecule has 2 saturated heterocycles. The number of carbonyl (C=O) groups is 2. The van der Waals surface area contributed by atoms with Crippen LogP contribution in [0.5, 0.6) is 0 Å². The third kappa shape index (κ3) is 4.08. The molecule has 2 aliphatic rings. The zero-order valence-corrected chi connectivity index (χ0v) is 17.2. The van der Waals surface area contributed by atoms with E-state index in [-0.39, 0.29) is 11.9 Å². The van der Waals surface area contributed by atoms with Gasteiger partial charge in [0.05, 0.1) is 11.6 Å². The van der Waals surface area contributed by atoms with E-state index in [1.54, 1.807) is 22.0 Å². The second kappa shape index (κ2) is 8.69. The maximum atomic E-state index is 12.1. The fourth-order valence-electron chi connectivity index (χ4n) is 4.31. The molecule has 0 saturated carbocycles. The van der Waals surface area contributed by atoms with Crippen molar-refractivity contribution in [3.63, 3.8) is 0 Å². The Morgan fingerprint density at radius 2 is 1.93 bits per heavy atom. The number of hydrogen-bond acceptors (Lipinski definition) is 5. The van der Waals surface area contributed by atoms with E-state index in [2.05, 4.69) is 21.6 Å². The van der Waals surface area contributed by atoms with Gasteiger partial charge in [-0.25, -0.2) is 4.98 Å². The minimum absolute atomic E-state index is 0.00455. The standard InChI is InChI=1S/C22H28N6O2/c1-2-20(29)27-12-6-7-17(14-27)28-15-18(22(23)30)21(25-28)16-8-9-19(24-13-16)26-10-4-3-5-11-26/h2,8-9,13,15,17H,1,3-7,10-12,14H2,(H2,23,30). The van der Waals surface area contributed by atoms with Gasteiger partial charge in [-0.15, -0.1) is 0 Å². The molecule has 2 aromatic heterocycles. The number of pyridine rings is 1. The normalized spacial score (nSPS) is 19.5. The second-order valence-corrected chi connectivity index (χ2v) is 7.97. The highest BCUT2D eigenvalue weighted by atomic mass is 16.2. The number of likely N-dealkylation sites (tertiary alicyclic amines) is 1. The highest BCUT2D eigenvalue weighted by molar-refractivity contribution is 5.98. The number of primary amides is 1. The quantitative estimate of drug-likeness (QED) is 0.766. The molecule has 2 aromatic rings. The van der Waals surface area contributed by atoms with E-state index in [0.717, 1.165) is 37.3 Å². The van der Waals surface area contributed by atoms with Crippen molar-refractivity contribution in [2.75, 3.05) is 31.1 Å². The molecule has 158 valence electrons. The van der Waals surface area contributed by atoms with Gasteiger partial charge in [-0.1, -0.05) is 6.58 Å². The molecular weight excluding hydrogens is 380 g/mol. The third-order valence-corrected chi connectivity index (χ3v) is 5.96. The van der Waals surface area contributed by atoms with Crippen LogP contribution in [0.1, 0.15) is 48.5 Å². The number of piperidine rings is 2. The summed E-state index contributed by atoms with van der Waals surface area (Å²) in [6, 6.07) is 3.93. The molecule has 2 amide bonds. The van der Waals surface area contributed by atoms with Gasteiger partial charge in [0.2, 0.25) is 5.91 Å². The van der Waals surface area contributed by atoms with Crippen molar-refractivity contribution in [1.29, 1.82) is 0 Å². The summed E-state index contributed by atoms with van der Waals surface area (Å²) in [6.07, 6.45) is 10.2. The summed E-state index contributed by atoms with van der Waals surface area (Å²) >= 11 is 0. The molecule has 0 spiro atoms. The molecule has 8 nitrogen and oxygen atoms in total. The fourth-order valence-corrected chi connectivity index (χ4v) is 4.31. The van der Waals surface area contributed by atoms with Crippen LogP contribution < -0.4 is 10.6 Å². The summed E-state index contributed by atoms with van der Waals surface area (Å²) in [7, 11) is 0. The largest absolute Gasteiger partial charge is 0.365 e. The lowest BCUT2D eigenvalue weighted by Crippen LogP contribution is -2.40. The predicted molar refractivity (Wildman–Crippen MR) is 115 cm³/mol. The molecule has 30 heavy (non-hydrogen) atoms. The van der Waals surface area contributed by atoms with Crippen LogP contribution in [0.25, 0.3) is 11.3 Å². The van der Waals surface area contributed by atoms with E-state index in [1.807, 2.05) is 12.1 Å². The van der Waals surface area contributed by atoms with E-state index in [9.17, 15) is 9.59 Å². The van der Waals surface area contributed by atoms with Crippen LogP contribution in [-0.2, 0) is 4.79 Å². The van der Waals surface area contributed by atoms with E-state index in [1.165, 1.54) is 25.3 Å². The zero-order chi connectivity index (χ0) is 21.1. The SMILES string of the molecule is C=CC(=O)N1CCCC(n2cc(C(N)=O)c(-c3ccc(N4CCCCC4)nc3)n2)C1. The lowest BCUT2D eigenvalue weighted by atomic mass is 10.1. The average Bonchev–Trinajstić information content (AvgIpc) is 3.25. The van der Waals surface area contributed by atoms with Gasteiger partial charge in [-0.05, 0) is 50.3 Å². The molecule has 0 bridgehead atoms. The van der Waals surface area contributed by atoms with Crippen molar-refractivity contribution < 1.29 is 9.59 Å². The number of amides is 2. The van der Waals surface area contributed by atoms with E-state index in [4.69, 9.17) is 5.73 Å². The summed E-state index contributed by atoms with van der Waals surface area (Å²) in [5.74, 6) is 0.343. The summed E-state index contributed by atoms with van der Waals surface area (Å²) in [6.45, 7) is 6.86. The van der Waals surface area contributed by atoms with E-state index in [0.29, 0.717) is 24.3 Å². The molecule has 2 N–H and O–H groups in total. The Kier molecular flexibility index (Phi) is 5.83. The van der Waals surface area contributed by atoms with Crippen LogP contribution in [0.2, 0.25) is 0 Å². The summed E-state index contributed by atoms with van der Waals surface area (Å²) in [5.41, 5.74) is 7.31. The Morgan fingerprint density at radius 3 is 2.60 bits per heavy atom. The molecule has 2 fully saturated rings. The number of anilines is 1. The number of rotatable bonds is 5. The first kappa shape index (κ1) is 20.1. The first-order valence-electron chi connectivity index (χ1n) is 10.6. The van der Waals surface area contributed by atoms with Gasteiger partial charge in [0.25, 0.3) is 5.91 Å². The van der Waals surface area contributed by atoms with E-state index >= 15 is 0 Å². The van der Waals surface area contributed by atoms with Gasteiger partial charge in [0.15, 0.2) is 0 Å². The fraction of sp³-hybridized carbons (Fsp3) is 0.455. The van der Waals surface area contributed by atoms with Crippen LogP contribution in [-0.4, -0.2) is 57.7 Å². The Morgan fingerprint density at radius 1 is 1.13 bits per heavy atom. The number of carbonyl (C=O) groups excluding carboxylic acids is 2. The molecule has 0 aromatic carbocycles. The first-order valence-corrected chi connectivity index (χ1v) is 10.6. The Hall–Kier alpha value is -3.16. The maximum Gasteiger partial charge on any atom is 0.252 e. The first-order chi connectivity index (χ1) is 14.6. The van der Waals surface area contributed by atoms with Crippen molar-refractivity contribution in [3.05, 3.63) is 42.7 Å². The number of hydrogen-bond donors (Lipinski definition) is 1. The molecule has 0 aliphatic carbocycles. The second-order valence-electron chi connectivity index (χ2n) is 7.97. The minimum Gasteiger partial charge on any atom is -0.365 e. The Balaban J connectivity index is 1.59. The van der Waals surface area contributed by atoms with Crippen molar-refractivity contribution in [2.24, 2.45) is 5.73 Å². The minimum atomic E-state index is -0.522. The molecule has 0 radical (unpaired) electrons. The average molecular weight is 409 g/mol. The maximum absolute atomic E-state index is 12.1. The third-order valence-electron chi connectivity index (χ3n) is 5.96. The molecule has 1 atom stereocenters. The highest BCUT2D eigenvalue weighted by Gasteiger charge is 2.26. The van der Waals surface area contributed by atoms with Crippen LogP contribution in [0.3, 0.4) is 0 Å². The topological polar surface area (TPSA) is 97.4 Å². The molecule has 4 heterocycles. The summed E-state index contributed by atoms with van der Waals surface area (Å²) in [5, 5.41) is 4.69. The lowest BCUT2D eigenvalue weighted by molar-refractivity contribution is -0.127. The molecule has 1 unspecified atom stereocenters. The van der Waals surface area contributed by atoms with Gasteiger partial charge in [0.1, 0.15) is 11.5 Å². The summed E-state index contributed by atoms with van der Waals surface area (Å²) in [4.78, 5) is 32.7. The molecule has 2 aliphatic heterocycles. The number of nitrogens with zero attached hydrogens (tertiary/aromatic N) is 5. The van der Waals surface area contributed by atoms with Crippen molar-refractivity contribution in [1.82, 2.24) is 19.7 Å². The Bertz CT molecular complexity index is 930. The molecule has 8 heteroatoms. The van der Waals surface area contributed by atoms with Crippen LogP contribution in [0, 0.1) is 0 Å². The lowest BCUT2D eigenvalue weighted by Gasteiger charge is -2.32. The van der Waals surface area contributed by atoms with Crippen LogP contribution >= 0.6 is 0 Å². The Labute approximate surface area is 176 Å². The summed E-state index contributed by atoms with van der Waals surface area (Å²) < 4.78 is 1.77.